The second-order valence-corrected chi connectivity index (χ2v) is 7.66. The number of likely N-dealkylation sites (tertiary alicyclic amines) is 1. The molecule has 3 atom stereocenters. The van der Waals surface area contributed by atoms with E-state index in [1.807, 2.05) is 12.1 Å². The average molecular weight is 366 g/mol. The fraction of sp³-hybridized carbons (Fsp3) is 0.632. The third-order valence-electron chi connectivity index (χ3n) is 5.80. The average Bonchev–Trinajstić information content (AvgIpc) is 2.99. The quantitative estimate of drug-likeness (QED) is 0.767. The maximum Gasteiger partial charge on any atom is 0.323 e. The van der Waals surface area contributed by atoms with E-state index in [-0.39, 0.29) is 18.8 Å². The van der Waals surface area contributed by atoms with Crippen molar-refractivity contribution >= 4 is 17.6 Å². The summed E-state index contributed by atoms with van der Waals surface area (Å²) in [6, 6.07) is 4.11. The standard InChI is InChI=1S/C19H24ClNO4/c1-23-19(22)17-8-12-4-2-3-5-16(12)21(17)9-13-6-15(20)7-14-10-24-11-25-18(13)14/h6-7,12,16-17H,2-5,8-11H2,1H3/t12-,16+,17-/m0/s1. The number of esters is 1. The summed E-state index contributed by atoms with van der Waals surface area (Å²) in [5.74, 6) is 1.31. The van der Waals surface area contributed by atoms with E-state index in [0.29, 0.717) is 30.1 Å². The van der Waals surface area contributed by atoms with Crippen LogP contribution in [0, 0.1) is 5.92 Å². The maximum atomic E-state index is 12.4. The van der Waals surface area contributed by atoms with Crippen LogP contribution in [-0.2, 0) is 27.4 Å². The molecular formula is C19H24ClNO4. The molecule has 0 radical (unpaired) electrons. The molecule has 4 rings (SSSR count). The van der Waals surface area contributed by atoms with E-state index in [4.69, 9.17) is 25.8 Å². The largest absolute Gasteiger partial charge is 0.468 e. The van der Waals surface area contributed by atoms with Crippen molar-refractivity contribution in [3.8, 4) is 5.75 Å². The van der Waals surface area contributed by atoms with E-state index in [1.54, 1.807) is 0 Å². The molecule has 0 amide bonds. The topological polar surface area (TPSA) is 48.0 Å². The molecule has 2 heterocycles. The molecule has 3 aliphatic rings. The summed E-state index contributed by atoms with van der Waals surface area (Å²) in [5, 5.41) is 0.678. The van der Waals surface area contributed by atoms with Crippen LogP contribution in [-0.4, -0.2) is 36.9 Å². The zero-order valence-electron chi connectivity index (χ0n) is 14.5. The fourth-order valence-electron chi connectivity index (χ4n) is 4.72. The molecule has 0 unspecified atom stereocenters. The molecule has 0 bridgehead atoms. The number of hydrogen-bond acceptors (Lipinski definition) is 5. The lowest BCUT2D eigenvalue weighted by Gasteiger charge is -2.34. The van der Waals surface area contributed by atoms with Gasteiger partial charge in [-0.15, -0.1) is 0 Å². The van der Waals surface area contributed by atoms with E-state index in [2.05, 4.69) is 4.90 Å². The molecule has 2 fully saturated rings. The Morgan fingerprint density at radius 1 is 1.36 bits per heavy atom. The van der Waals surface area contributed by atoms with Crippen molar-refractivity contribution in [2.24, 2.45) is 5.92 Å². The first kappa shape index (κ1) is 17.1. The minimum atomic E-state index is -0.174. The number of methoxy groups -OCH3 is 1. The fourth-order valence-corrected chi connectivity index (χ4v) is 4.98. The molecule has 5 nitrogen and oxygen atoms in total. The van der Waals surface area contributed by atoms with E-state index in [9.17, 15) is 4.79 Å². The highest BCUT2D eigenvalue weighted by Crippen LogP contribution is 2.42. The van der Waals surface area contributed by atoms with Crippen LogP contribution >= 0.6 is 11.6 Å². The summed E-state index contributed by atoms with van der Waals surface area (Å²) in [4.78, 5) is 14.7. The van der Waals surface area contributed by atoms with Gasteiger partial charge in [-0.2, -0.15) is 0 Å². The Morgan fingerprint density at radius 2 is 2.20 bits per heavy atom. The van der Waals surface area contributed by atoms with Crippen LogP contribution in [0.2, 0.25) is 5.02 Å². The van der Waals surface area contributed by atoms with E-state index in [1.165, 1.54) is 26.4 Å². The van der Waals surface area contributed by atoms with Gasteiger partial charge in [0, 0.05) is 28.7 Å². The van der Waals surface area contributed by atoms with Crippen molar-refractivity contribution < 1.29 is 19.0 Å². The van der Waals surface area contributed by atoms with E-state index in [0.717, 1.165) is 29.7 Å². The summed E-state index contributed by atoms with van der Waals surface area (Å²) in [6.45, 7) is 1.42. The van der Waals surface area contributed by atoms with E-state index < -0.39 is 0 Å². The van der Waals surface area contributed by atoms with Gasteiger partial charge in [-0.1, -0.05) is 24.4 Å². The van der Waals surface area contributed by atoms with Crippen LogP contribution in [0.1, 0.15) is 43.2 Å². The number of carbonyl (C=O) groups is 1. The first-order chi connectivity index (χ1) is 12.2. The van der Waals surface area contributed by atoms with Crippen LogP contribution < -0.4 is 4.74 Å². The second kappa shape index (κ2) is 7.14. The number of halogens is 1. The monoisotopic (exact) mass is 365 g/mol. The minimum Gasteiger partial charge on any atom is -0.468 e. The van der Waals surface area contributed by atoms with Gasteiger partial charge in [0.2, 0.25) is 0 Å². The number of benzene rings is 1. The number of fused-ring (bicyclic) bond motifs is 2. The predicted octanol–water partition coefficient (Wildman–Crippen LogP) is 3.51. The Morgan fingerprint density at radius 3 is 3.04 bits per heavy atom. The first-order valence-electron chi connectivity index (χ1n) is 9.03. The first-order valence-corrected chi connectivity index (χ1v) is 9.40. The minimum absolute atomic E-state index is 0.130. The smallest absolute Gasteiger partial charge is 0.323 e. The Balaban J connectivity index is 1.65. The van der Waals surface area contributed by atoms with Gasteiger partial charge < -0.3 is 14.2 Å². The Kier molecular flexibility index (Phi) is 4.89. The normalized spacial score (nSPS) is 28.8. The van der Waals surface area contributed by atoms with Gasteiger partial charge in [-0.3, -0.25) is 9.69 Å². The Hall–Kier alpha value is -1.30. The summed E-state index contributed by atoms with van der Waals surface area (Å²) in [5.41, 5.74) is 2.01. The number of ether oxygens (including phenoxy) is 3. The highest BCUT2D eigenvalue weighted by atomic mass is 35.5. The molecule has 0 aromatic heterocycles. The molecule has 136 valence electrons. The molecule has 25 heavy (non-hydrogen) atoms. The molecule has 1 saturated heterocycles. The SMILES string of the molecule is COC(=O)[C@@H]1C[C@@H]2CCCC[C@H]2N1Cc1cc(Cl)cc2c1OCOC2. The van der Waals surface area contributed by atoms with Crippen molar-refractivity contribution in [1.82, 2.24) is 4.90 Å². The lowest BCUT2D eigenvalue weighted by molar-refractivity contribution is -0.146. The number of carbonyl (C=O) groups excluding carboxylic acids is 1. The highest BCUT2D eigenvalue weighted by molar-refractivity contribution is 6.30. The van der Waals surface area contributed by atoms with Gasteiger partial charge in [-0.05, 0) is 37.3 Å². The lowest BCUT2D eigenvalue weighted by atomic mass is 9.84. The molecule has 0 spiro atoms. The van der Waals surface area contributed by atoms with Crippen molar-refractivity contribution in [2.45, 2.75) is 57.3 Å². The zero-order chi connectivity index (χ0) is 17.4. The van der Waals surface area contributed by atoms with E-state index >= 15 is 0 Å². The summed E-state index contributed by atoms with van der Waals surface area (Å²) in [7, 11) is 1.48. The van der Waals surface area contributed by atoms with Crippen LogP contribution in [0.5, 0.6) is 5.75 Å². The highest BCUT2D eigenvalue weighted by Gasteiger charge is 2.45. The van der Waals surface area contributed by atoms with Gasteiger partial charge in [0.05, 0.1) is 13.7 Å². The van der Waals surface area contributed by atoms with Gasteiger partial charge in [-0.25, -0.2) is 0 Å². The zero-order valence-corrected chi connectivity index (χ0v) is 15.3. The molecule has 0 N–H and O–H groups in total. The molecule has 2 aliphatic heterocycles. The Bertz CT molecular complexity index is 665. The van der Waals surface area contributed by atoms with Gasteiger partial charge in [0.25, 0.3) is 0 Å². The molecular weight excluding hydrogens is 342 g/mol. The maximum absolute atomic E-state index is 12.4. The van der Waals surface area contributed by atoms with Gasteiger partial charge >= 0.3 is 5.97 Å². The van der Waals surface area contributed by atoms with Crippen molar-refractivity contribution in [3.05, 3.63) is 28.3 Å². The molecule has 1 aliphatic carbocycles. The number of nitrogens with zero attached hydrogens (tertiary/aromatic N) is 1. The predicted molar refractivity (Wildman–Crippen MR) is 93.4 cm³/mol. The van der Waals surface area contributed by atoms with Crippen molar-refractivity contribution in [3.63, 3.8) is 0 Å². The lowest BCUT2D eigenvalue weighted by Crippen LogP contribution is -2.42. The molecule has 6 heteroatoms. The summed E-state index contributed by atoms with van der Waals surface area (Å²) < 4.78 is 16.2. The van der Waals surface area contributed by atoms with Crippen LogP contribution in [0.15, 0.2) is 12.1 Å². The number of rotatable bonds is 3. The van der Waals surface area contributed by atoms with Crippen LogP contribution in [0.25, 0.3) is 0 Å². The summed E-state index contributed by atoms with van der Waals surface area (Å²) in [6.07, 6.45) is 5.72. The Labute approximate surface area is 153 Å². The third-order valence-corrected chi connectivity index (χ3v) is 6.02. The molecule has 1 aromatic carbocycles. The molecule has 1 saturated carbocycles. The van der Waals surface area contributed by atoms with Crippen molar-refractivity contribution in [1.29, 1.82) is 0 Å². The van der Waals surface area contributed by atoms with Gasteiger partial charge in [0.15, 0.2) is 6.79 Å². The van der Waals surface area contributed by atoms with Crippen LogP contribution in [0.3, 0.4) is 0 Å². The number of hydrogen-bond donors (Lipinski definition) is 0. The van der Waals surface area contributed by atoms with Gasteiger partial charge in [0.1, 0.15) is 11.8 Å². The third kappa shape index (κ3) is 3.25. The summed E-state index contributed by atoms with van der Waals surface area (Å²) >= 11 is 6.31. The molecule has 1 aromatic rings. The second-order valence-electron chi connectivity index (χ2n) is 7.22. The van der Waals surface area contributed by atoms with Crippen LogP contribution in [0.4, 0.5) is 0 Å². The van der Waals surface area contributed by atoms with Crippen molar-refractivity contribution in [2.75, 3.05) is 13.9 Å².